The summed E-state index contributed by atoms with van der Waals surface area (Å²) < 4.78 is 30.7. The fourth-order valence-corrected chi connectivity index (χ4v) is 4.39. The Morgan fingerprint density at radius 2 is 1.86 bits per heavy atom. The predicted molar refractivity (Wildman–Crippen MR) is 75.0 cm³/mol. The molecule has 1 N–H and O–H groups in total. The van der Waals surface area contributed by atoms with Crippen molar-refractivity contribution in [1.82, 2.24) is 9.21 Å². The van der Waals surface area contributed by atoms with Crippen LogP contribution in [0.2, 0.25) is 0 Å². The second-order valence-electron chi connectivity index (χ2n) is 6.21. The van der Waals surface area contributed by atoms with Crippen LogP contribution in [0.3, 0.4) is 0 Å². The van der Waals surface area contributed by atoms with Crippen molar-refractivity contribution in [3.63, 3.8) is 0 Å². The van der Waals surface area contributed by atoms with Crippen molar-refractivity contribution in [3.8, 4) is 0 Å². The van der Waals surface area contributed by atoms with Crippen LogP contribution in [0.5, 0.6) is 0 Å². The summed E-state index contributed by atoms with van der Waals surface area (Å²) in [5.74, 6) is -0.0136. The number of morpholine rings is 1. The average Bonchev–Trinajstić information content (AvgIpc) is 3.27. The van der Waals surface area contributed by atoms with E-state index in [2.05, 4.69) is 0 Å². The molecule has 0 bridgehead atoms. The third-order valence-electron chi connectivity index (χ3n) is 4.56. The standard InChI is InChI=1S/C13H22N2O5S/c16-12(14-9-13(17,10-14)11-1-2-11)3-8-21(18,19)15-4-6-20-7-5-15/h11,17H,1-10H2. The number of carbonyl (C=O) groups is 1. The quantitative estimate of drug-likeness (QED) is 0.704. The first kappa shape index (κ1) is 15.2. The minimum absolute atomic E-state index is 0.0135. The van der Waals surface area contributed by atoms with Gasteiger partial charge in [0.1, 0.15) is 5.60 Å². The van der Waals surface area contributed by atoms with Crippen molar-refractivity contribution >= 4 is 15.9 Å². The molecule has 120 valence electrons. The third kappa shape index (κ3) is 3.23. The van der Waals surface area contributed by atoms with Crippen LogP contribution in [0.4, 0.5) is 0 Å². The van der Waals surface area contributed by atoms with Crippen LogP contribution in [0, 0.1) is 5.92 Å². The van der Waals surface area contributed by atoms with E-state index in [1.54, 1.807) is 4.90 Å². The number of ether oxygens (including phenoxy) is 1. The number of sulfonamides is 1. The highest BCUT2D eigenvalue weighted by Gasteiger charge is 2.53. The molecule has 21 heavy (non-hydrogen) atoms. The van der Waals surface area contributed by atoms with E-state index in [-0.39, 0.29) is 18.1 Å². The number of likely N-dealkylation sites (tertiary alicyclic amines) is 1. The molecule has 0 radical (unpaired) electrons. The highest BCUT2D eigenvalue weighted by atomic mass is 32.2. The Bertz CT molecular complexity index is 505. The fourth-order valence-electron chi connectivity index (χ4n) is 3.00. The van der Waals surface area contributed by atoms with Crippen LogP contribution >= 0.6 is 0 Å². The number of hydrogen-bond acceptors (Lipinski definition) is 5. The molecule has 2 saturated heterocycles. The van der Waals surface area contributed by atoms with Gasteiger partial charge in [0, 0.05) is 19.5 Å². The molecule has 0 aromatic rings. The van der Waals surface area contributed by atoms with Crippen molar-refractivity contribution in [1.29, 1.82) is 0 Å². The van der Waals surface area contributed by atoms with Crippen molar-refractivity contribution in [3.05, 3.63) is 0 Å². The summed E-state index contributed by atoms with van der Waals surface area (Å²) in [7, 11) is -3.39. The summed E-state index contributed by atoms with van der Waals surface area (Å²) in [6, 6.07) is 0. The lowest BCUT2D eigenvalue weighted by molar-refractivity contribution is -0.158. The van der Waals surface area contributed by atoms with E-state index >= 15 is 0 Å². The highest BCUT2D eigenvalue weighted by molar-refractivity contribution is 7.89. The van der Waals surface area contributed by atoms with Gasteiger partial charge >= 0.3 is 0 Å². The minimum atomic E-state index is -3.39. The summed E-state index contributed by atoms with van der Waals surface area (Å²) >= 11 is 0. The SMILES string of the molecule is O=C(CCS(=O)(=O)N1CCOCC1)N1CC(O)(C2CC2)C1. The second-order valence-corrected chi connectivity index (χ2v) is 8.29. The van der Waals surface area contributed by atoms with E-state index in [1.807, 2.05) is 0 Å². The van der Waals surface area contributed by atoms with Gasteiger partial charge in [-0.3, -0.25) is 4.79 Å². The maximum atomic E-state index is 12.1. The maximum Gasteiger partial charge on any atom is 0.223 e. The Balaban J connectivity index is 1.45. The lowest BCUT2D eigenvalue weighted by Gasteiger charge is -2.47. The van der Waals surface area contributed by atoms with E-state index in [9.17, 15) is 18.3 Å². The fraction of sp³-hybridized carbons (Fsp3) is 0.923. The van der Waals surface area contributed by atoms with Crippen molar-refractivity contribution in [2.45, 2.75) is 24.9 Å². The average molecular weight is 318 g/mol. The van der Waals surface area contributed by atoms with Crippen LogP contribution in [0.15, 0.2) is 0 Å². The van der Waals surface area contributed by atoms with Gasteiger partial charge in [-0.05, 0) is 18.8 Å². The Hall–Kier alpha value is -0.700. The van der Waals surface area contributed by atoms with E-state index in [4.69, 9.17) is 4.74 Å². The van der Waals surface area contributed by atoms with Gasteiger partial charge in [0.25, 0.3) is 0 Å². The molecule has 1 saturated carbocycles. The molecule has 3 fully saturated rings. The molecule has 7 nitrogen and oxygen atoms in total. The third-order valence-corrected chi connectivity index (χ3v) is 6.43. The number of nitrogens with zero attached hydrogens (tertiary/aromatic N) is 2. The summed E-state index contributed by atoms with van der Waals surface area (Å²) in [6.07, 6.45) is 2.05. The molecule has 2 heterocycles. The number of rotatable bonds is 5. The highest BCUT2D eigenvalue weighted by Crippen LogP contribution is 2.44. The molecule has 0 spiro atoms. The summed E-state index contributed by atoms with van der Waals surface area (Å²) in [5, 5.41) is 10.2. The molecule has 0 aromatic carbocycles. The van der Waals surface area contributed by atoms with Crippen LogP contribution in [0.1, 0.15) is 19.3 Å². The van der Waals surface area contributed by atoms with Crippen molar-refractivity contribution in [2.75, 3.05) is 45.1 Å². The van der Waals surface area contributed by atoms with Gasteiger partial charge in [0.2, 0.25) is 15.9 Å². The number of carbonyl (C=O) groups excluding carboxylic acids is 1. The Labute approximate surface area is 124 Å². The first-order valence-electron chi connectivity index (χ1n) is 7.46. The predicted octanol–water partition coefficient (Wildman–Crippen LogP) is -0.978. The topological polar surface area (TPSA) is 87.2 Å². The zero-order chi connectivity index (χ0) is 15.1. The van der Waals surface area contributed by atoms with Gasteiger partial charge in [-0.1, -0.05) is 0 Å². The normalized spacial score (nSPS) is 26.4. The smallest absolute Gasteiger partial charge is 0.223 e. The molecule has 0 atom stereocenters. The molecule has 3 aliphatic rings. The van der Waals surface area contributed by atoms with Crippen molar-refractivity contribution in [2.24, 2.45) is 5.92 Å². The Morgan fingerprint density at radius 1 is 1.24 bits per heavy atom. The molecule has 2 aliphatic heterocycles. The largest absolute Gasteiger partial charge is 0.386 e. The first-order valence-corrected chi connectivity index (χ1v) is 9.07. The van der Waals surface area contributed by atoms with Crippen molar-refractivity contribution < 1.29 is 23.1 Å². The van der Waals surface area contributed by atoms with Gasteiger partial charge in [0.05, 0.1) is 32.1 Å². The summed E-state index contributed by atoms with van der Waals surface area (Å²) in [6.45, 7) is 2.26. The molecule has 1 amide bonds. The molecule has 0 aromatic heterocycles. The number of β-amino-alcohol motifs (C(OH)–C–C–N with tert-alkyl or cyclic N) is 1. The number of hydrogen-bond donors (Lipinski definition) is 1. The molecular formula is C13H22N2O5S. The van der Waals surface area contributed by atoms with Gasteiger partial charge in [-0.25, -0.2) is 8.42 Å². The van der Waals surface area contributed by atoms with Crippen LogP contribution in [-0.2, 0) is 19.6 Å². The molecule has 0 unspecified atom stereocenters. The molecule has 3 rings (SSSR count). The van der Waals surface area contributed by atoms with E-state index in [0.29, 0.717) is 45.3 Å². The van der Waals surface area contributed by atoms with Gasteiger partial charge in [-0.2, -0.15) is 4.31 Å². The zero-order valence-electron chi connectivity index (χ0n) is 12.0. The van der Waals surface area contributed by atoms with Crippen LogP contribution < -0.4 is 0 Å². The van der Waals surface area contributed by atoms with Crippen LogP contribution in [0.25, 0.3) is 0 Å². The second kappa shape index (κ2) is 5.49. The van der Waals surface area contributed by atoms with Gasteiger partial charge in [-0.15, -0.1) is 0 Å². The monoisotopic (exact) mass is 318 g/mol. The lowest BCUT2D eigenvalue weighted by atomic mass is 9.88. The summed E-state index contributed by atoms with van der Waals surface area (Å²) in [4.78, 5) is 13.6. The first-order chi connectivity index (χ1) is 9.91. The van der Waals surface area contributed by atoms with E-state index in [1.165, 1.54) is 4.31 Å². The van der Waals surface area contributed by atoms with Gasteiger partial charge < -0.3 is 14.7 Å². The molecule has 1 aliphatic carbocycles. The number of amides is 1. The Kier molecular flexibility index (Phi) is 3.98. The Morgan fingerprint density at radius 3 is 2.43 bits per heavy atom. The van der Waals surface area contributed by atoms with E-state index in [0.717, 1.165) is 12.8 Å². The minimum Gasteiger partial charge on any atom is -0.386 e. The summed E-state index contributed by atoms with van der Waals surface area (Å²) in [5.41, 5.74) is -0.710. The molecular weight excluding hydrogens is 296 g/mol. The van der Waals surface area contributed by atoms with Gasteiger partial charge in [0.15, 0.2) is 0 Å². The van der Waals surface area contributed by atoms with Crippen LogP contribution in [-0.4, -0.2) is 79.4 Å². The lowest BCUT2D eigenvalue weighted by Crippen LogP contribution is -2.64. The molecule has 8 heteroatoms. The zero-order valence-corrected chi connectivity index (χ0v) is 12.8. The number of aliphatic hydroxyl groups is 1. The van der Waals surface area contributed by atoms with E-state index < -0.39 is 15.6 Å². The maximum absolute atomic E-state index is 12.1.